The lowest BCUT2D eigenvalue weighted by atomic mass is 10.3. The maximum atomic E-state index is 11.1. The molecule has 0 saturated carbocycles. The Bertz CT molecular complexity index is 648. The van der Waals surface area contributed by atoms with E-state index in [-0.39, 0.29) is 5.16 Å². The molecule has 0 spiro atoms. The zero-order chi connectivity index (χ0) is 11.9. The van der Waals surface area contributed by atoms with Gasteiger partial charge >= 0.3 is 10.1 Å². The molecule has 0 atom stereocenters. The minimum absolute atomic E-state index is 0.354. The highest BCUT2D eigenvalue weighted by Crippen LogP contribution is 2.22. The van der Waals surface area contributed by atoms with Crippen LogP contribution in [0.3, 0.4) is 0 Å². The number of benzene rings is 1. The van der Waals surface area contributed by atoms with Gasteiger partial charge in [0, 0.05) is 11.6 Å². The lowest BCUT2D eigenvalue weighted by molar-refractivity contribution is 0.466. The normalized spacial score (nSPS) is 12.2. The summed E-state index contributed by atoms with van der Waals surface area (Å²) in [5.41, 5.74) is 1.07. The Balaban J connectivity index is 2.88. The fourth-order valence-corrected chi connectivity index (χ4v) is 2.46. The van der Waals surface area contributed by atoms with Gasteiger partial charge in [-0.05, 0) is 25.1 Å². The third-order valence-electron chi connectivity index (χ3n) is 2.22. The lowest BCUT2D eigenvalue weighted by Gasteiger charge is -2.02. The first-order valence-electron chi connectivity index (χ1n) is 4.56. The molecule has 7 heteroatoms. The second-order valence-electron chi connectivity index (χ2n) is 3.25. The zero-order valence-electron chi connectivity index (χ0n) is 8.38. The summed E-state index contributed by atoms with van der Waals surface area (Å²) in [5, 5.41) is 0.135. The number of hydrogen-bond acceptors (Lipinski definition) is 3. The van der Waals surface area contributed by atoms with Gasteiger partial charge in [0.2, 0.25) is 0 Å². The van der Waals surface area contributed by atoms with Gasteiger partial charge in [-0.1, -0.05) is 11.6 Å². The van der Waals surface area contributed by atoms with E-state index in [0.29, 0.717) is 22.6 Å². The van der Waals surface area contributed by atoms with Crippen molar-refractivity contribution < 1.29 is 13.0 Å². The smallest absolute Gasteiger partial charge is 0.313 e. The van der Waals surface area contributed by atoms with Crippen molar-refractivity contribution in [2.75, 3.05) is 0 Å². The molecule has 16 heavy (non-hydrogen) atoms. The highest BCUT2D eigenvalue weighted by molar-refractivity contribution is 7.85. The van der Waals surface area contributed by atoms with E-state index in [2.05, 4.69) is 4.98 Å². The van der Waals surface area contributed by atoms with Gasteiger partial charge in [-0.25, -0.2) is 4.98 Å². The number of halogens is 1. The molecule has 0 aliphatic heterocycles. The third-order valence-corrected chi connectivity index (χ3v) is 3.23. The van der Waals surface area contributed by atoms with Crippen LogP contribution in [0, 0.1) is 0 Å². The lowest BCUT2D eigenvalue weighted by Crippen LogP contribution is -2.08. The van der Waals surface area contributed by atoms with Crippen LogP contribution in [0.4, 0.5) is 0 Å². The standard InChI is InChI=1S/C9H9ClN2O3S/c1-2-12-8-5-6(10)3-4-7(8)11-9(12)16(13,14)15/h3-5H,2H2,1H3,(H,13,14,15). The minimum atomic E-state index is -4.31. The van der Waals surface area contributed by atoms with Gasteiger partial charge in [0.15, 0.2) is 0 Å². The largest absolute Gasteiger partial charge is 0.328 e. The molecule has 0 bridgehead atoms. The number of aryl methyl sites for hydroxylation is 1. The first kappa shape index (κ1) is 11.4. The van der Waals surface area contributed by atoms with Crippen LogP contribution in [0.1, 0.15) is 6.92 Å². The molecule has 0 radical (unpaired) electrons. The van der Waals surface area contributed by atoms with E-state index in [1.807, 2.05) is 0 Å². The fraction of sp³-hybridized carbons (Fsp3) is 0.222. The molecular formula is C9H9ClN2O3S. The molecule has 1 N–H and O–H groups in total. The molecule has 0 saturated heterocycles. The van der Waals surface area contributed by atoms with Gasteiger partial charge in [0.25, 0.3) is 5.16 Å². The molecule has 1 aromatic heterocycles. The van der Waals surface area contributed by atoms with Crippen LogP contribution in [-0.2, 0) is 16.7 Å². The second kappa shape index (κ2) is 3.73. The SMILES string of the molecule is CCn1c(S(=O)(=O)O)nc2ccc(Cl)cc21. The first-order chi connectivity index (χ1) is 7.43. The highest BCUT2D eigenvalue weighted by atomic mass is 35.5. The molecule has 0 aliphatic carbocycles. The Morgan fingerprint density at radius 2 is 2.19 bits per heavy atom. The van der Waals surface area contributed by atoms with Crippen LogP contribution in [-0.4, -0.2) is 22.5 Å². The molecule has 1 heterocycles. The van der Waals surface area contributed by atoms with Gasteiger partial charge in [-0.3, -0.25) is 4.55 Å². The average Bonchev–Trinajstić information content (AvgIpc) is 2.54. The minimum Gasteiger partial charge on any atom is -0.313 e. The van der Waals surface area contributed by atoms with Crippen LogP contribution < -0.4 is 0 Å². The second-order valence-corrected chi connectivity index (χ2v) is 5.00. The quantitative estimate of drug-likeness (QED) is 0.838. The Kier molecular flexibility index (Phi) is 2.65. The maximum absolute atomic E-state index is 11.1. The molecule has 5 nitrogen and oxygen atoms in total. The summed E-state index contributed by atoms with van der Waals surface area (Å²) in [7, 11) is -4.31. The number of hydrogen-bond donors (Lipinski definition) is 1. The van der Waals surface area contributed by atoms with Crippen LogP contribution in [0.5, 0.6) is 0 Å². The summed E-state index contributed by atoms with van der Waals surface area (Å²) >= 11 is 5.82. The van der Waals surface area contributed by atoms with E-state index in [1.165, 1.54) is 4.57 Å². The van der Waals surface area contributed by atoms with Crippen molar-refractivity contribution >= 4 is 32.8 Å². The molecule has 0 fully saturated rings. The summed E-state index contributed by atoms with van der Waals surface area (Å²) < 4.78 is 32.6. The Morgan fingerprint density at radius 1 is 1.50 bits per heavy atom. The number of imidazole rings is 1. The molecule has 1 aromatic carbocycles. The molecule has 2 rings (SSSR count). The van der Waals surface area contributed by atoms with Gasteiger partial charge in [-0.2, -0.15) is 8.42 Å². The van der Waals surface area contributed by atoms with E-state index in [0.717, 1.165) is 0 Å². The van der Waals surface area contributed by atoms with Crippen molar-refractivity contribution in [3.05, 3.63) is 23.2 Å². The average molecular weight is 261 g/mol. The van der Waals surface area contributed by atoms with Gasteiger partial charge in [0.05, 0.1) is 11.0 Å². The van der Waals surface area contributed by atoms with Crippen molar-refractivity contribution in [3.63, 3.8) is 0 Å². The summed E-state index contributed by atoms with van der Waals surface area (Å²) in [4.78, 5) is 3.86. The Morgan fingerprint density at radius 3 is 2.75 bits per heavy atom. The van der Waals surface area contributed by atoms with Crippen molar-refractivity contribution in [2.24, 2.45) is 0 Å². The number of rotatable bonds is 2. The van der Waals surface area contributed by atoms with E-state index in [9.17, 15) is 8.42 Å². The first-order valence-corrected chi connectivity index (χ1v) is 6.38. The van der Waals surface area contributed by atoms with Crippen molar-refractivity contribution in [1.82, 2.24) is 9.55 Å². The van der Waals surface area contributed by atoms with Crippen LogP contribution in [0.15, 0.2) is 23.4 Å². The fourth-order valence-electron chi connectivity index (χ4n) is 1.58. The molecule has 0 unspecified atom stereocenters. The number of fused-ring (bicyclic) bond motifs is 1. The van der Waals surface area contributed by atoms with E-state index in [1.54, 1.807) is 25.1 Å². The van der Waals surface area contributed by atoms with Gasteiger partial charge in [0.1, 0.15) is 0 Å². The van der Waals surface area contributed by atoms with E-state index < -0.39 is 10.1 Å². The van der Waals surface area contributed by atoms with Crippen molar-refractivity contribution in [2.45, 2.75) is 18.6 Å². The summed E-state index contributed by atoms with van der Waals surface area (Å²) in [5.74, 6) is 0. The van der Waals surface area contributed by atoms with E-state index >= 15 is 0 Å². The molecule has 0 amide bonds. The Labute approximate surface area is 97.4 Å². The van der Waals surface area contributed by atoms with Gasteiger partial charge < -0.3 is 4.57 Å². The number of nitrogens with zero attached hydrogens (tertiary/aromatic N) is 2. The van der Waals surface area contributed by atoms with Crippen molar-refractivity contribution in [3.8, 4) is 0 Å². The van der Waals surface area contributed by atoms with Crippen LogP contribution in [0.25, 0.3) is 11.0 Å². The number of aromatic nitrogens is 2. The monoisotopic (exact) mass is 260 g/mol. The molecule has 2 aromatic rings. The van der Waals surface area contributed by atoms with Gasteiger partial charge in [-0.15, -0.1) is 0 Å². The predicted octanol–water partition coefficient (Wildman–Crippen LogP) is 1.96. The van der Waals surface area contributed by atoms with Crippen LogP contribution >= 0.6 is 11.6 Å². The Hall–Kier alpha value is -1.11. The van der Waals surface area contributed by atoms with Crippen molar-refractivity contribution in [1.29, 1.82) is 0 Å². The zero-order valence-corrected chi connectivity index (χ0v) is 9.96. The summed E-state index contributed by atoms with van der Waals surface area (Å²) in [6, 6.07) is 4.84. The maximum Gasteiger partial charge on any atom is 0.328 e. The topological polar surface area (TPSA) is 72.2 Å². The van der Waals surface area contributed by atoms with Crippen LogP contribution in [0.2, 0.25) is 5.02 Å². The molecule has 0 aliphatic rings. The highest BCUT2D eigenvalue weighted by Gasteiger charge is 2.20. The molecule has 86 valence electrons. The predicted molar refractivity (Wildman–Crippen MR) is 60.2 cm³/mol. The molecular weight excluding hydrogens is 252 g/mol. The third kappa shape index (κ3) is 1.79. The summed E-state index contributed by atoms with van der Waals surface area (Å²) in [6.07, 6.45) is 0. The summed E-state index contributed by atoms with van der Waals surface area (Å²) in [6.45, 7) is 2.14. The van der Waals surface area contributed by atoms with E-state index in [4.69, 9.17) is 16.2 Å².